The van der Waals surface area contributed by atoms with Gasteiger partial charge in [-0.05, 0) is 25.1 Å². The number of alkyl halides is 1. The molecule has 0 spiro atoms. The van der Waals surface area contributed by atoms with Crippen molar-refractivity contribution in [1.82, 2.24) is 0 Å². The molecule has 1 aromatic rings. The molecular weight excluding hydrogens is 258 g/mol. The summed E-state index contributed by atoms with van der Waals surface area (Å²) in [4.78, 5) is 11.3. The molecule has 1 rings (SSSR count). The van der Waals surface area contributed by atoms with E-state index < -0.39 is 17.3 Å². The number of halogens is 3. The lowest BCUT2D eigenvalue weighted by atomic mass is 10.3. The minimum Gasteiger partial charge on any atom is -0.463 e. The molecule has 0 heterocycles. The minimum atomic E-state index is -1.83. The molecule has 0 bridgehead atoms. The van der Waals surface area contributed by atoms with Gasteiger partial charge in [-0.3, -0.25) is 0 Å². The van der Waals surface area contributed by atoms with Gasteiger partial charge in [-0.2, -0.15) is 0 Å². The molecule has 1 aromatic carbocycles. The summed E-state index contributed by atoms with van der Waals surface area (Å²) < 4.78 is 30.5. The van der Waals surface area contributed by atoms with Crippen LogP contribution >= 0.6 is 23.4 Å². The number of hydrogen-bond acceptors (Lipinski definition) is 3. The van der Waals surface area contributed by atoms with E-state index in [0.29, 0.717) is 16.7 Å². The van der Waals surface area contributed by atoms with Crippen LogP contribution in [0.1, 0.15) is 6.92 Å². The van der Waals surface area contributed by atoms with Crippen LogP contribution in [0.25, 0.3) is 0 Å². The molecule has 0 saturated carbocycles. The first-order chi connectivity index (χ1) is 7.54. The van der Waals surface area contributed by atoms with Gasteiger partial charge in [-0.25, -0.2) is 13.6 Å². The van der Waals surface area contributed by atoms with Gasteiger partial charge in [0.05, 0.1) is 11.6 Å². The number of carbonyl (C=O) groups excluding carboxylic acids is 1. The molecule has 0 aromatic heterocycles. The van der Waals surface area contributed by atoms with Crippen LogP contribution < -0.4 is 0 Å². The van der Waals surface area contributed by atoms with Gasteiger partial charge < -0.3 is 4.74 Å². The van der Waals surface area contributed by atoms with Crippen molar-refractivity contribution in [3.8, 4) is 0 Å². The van der Waals surface area contributed by atoms with Gasteiger partial charge in [-0.15, -0.1) is 0 Å². The summed E-state index contributed by atoms with van der Waals surface area (Å²) in [5.41, 5.74) is -1.83. The van der Waals surface area contributed by atoms with Crippen molar-refractivity contribution in [3.63, 3.8) is 0 Å². The third-order valence-corrected chi connectivity index (χ3v) is 2.82. The lowest BCUT2D eigenvalue weighted by Crippen LogP contribution is -2.15. The third-order valence-electron chi connectivity index (χ3n) is 1.60. The first-order valence-electron chi connectivity index (χ1n) is 4.47. The summed E-state index contributed by atoms with van der Waals surface area (Å²) in [6.07, 6.45) is 0. The molecule has 0 N–H and O–H groups in total. The fourth-order valence-corrected chi connectivity index (χ4v) is 1.91. The number of rotatable bonds is 4. The summed E-state index contributed by atoms with van der Waals surface area (Å²) in [5.74, 6) is -1.54. The maximum atomic E-state index is 13.3. The van der Waals surface area contributed by atoms with Crippen LogP contribution in [0.2, 0.25) is 5.02 Å². The predicted molar refractivity (Wildman–Crippen MR) is 58.8 cm³/mol. The Morgan fingerprint density at radius 2 is 2.31 bits per heavy atom. The van der Waals surface area contributed by atoms with E-state index in [4.69, 9.17) is 11.6 Å². The van der Waals surface area contributed by atoms with Crippen LogP contribution in [0.3, 0.4) is 0 Å². The number of esters is 1. The number of carbonyl (C=O) groups is 1. The van der Waals surface area contributed by atoms with E-state index in [2.05, 4.69) is 4.74 Å². The SMILES string of the molecule is CCOC(=O)C(F)Sc1ccc(F)c(Cl)c1. The zero-order valence-corrected chi connectivity index (χ0v) is 9.95. The summed E-state index contributed by atoms with van der Waals surface area (Å²) in [6.45, 7) is 1.70. The fraction of sp³-hybridized carbons (Fsp3) is 0.300. The van der Waals surface area contributed by atoms with Gasteiger partial charge in [0.25, 0.3) is 0 Å². The van der Waals surface area contributed by atoms with Crippen molar-refractivity contribution >= 4 is 29.3 Å². The first kappa shape index (κ1) is 13.3. The van der Waals surface area contributed by atoms with Crippen molar-refractivity contribution in [3.05, 3.63) is 29.0 Å². The highest BCUT2D eigenvalue weighted by Gasteiger charge is 2.20. The lowest BCUT2D eigenvalue weighted by molar-refractivity contribution is -0.145. The van der Waals surface area contributed by atoms with Crippen LogP contribution in [0.15, 0.2) is 23.1 Å². The summed E-state index contributed by atoms with van der Waals surface area (Å²) in [5, 5.41) is -0.110. The van der Waals surface area contributed by atoms with E-state index in [1.54, 1.807) is 6.92 Å². The Labute approximate surface area is 101 Å². The van der Waals surface area contributed by atoms with Crippen molar-refractivity contribution < 1.29 is 18.3 Å². The molecule has 0 aliphatic heterocycles. The average molecular weight is 267 g/mol. The second-order valence-electron chi connectivity index (χ2n) is 2.76. The quantitative estimate of drug-likeness (QED) is 0.617. The molecule has 0 radical (unpaired) electrons. The van der Waals surface area contributed by atoms with Crippen molar-refractivity contribution in [2.24, 2.45) is 0 Å². The Kier molecular flexibility index (Phi) is 5.02. The van der Waals surface area contributed by atoms with E-state index >= 15 is 0 Å². The summed E-state index contributed by atoms with van der Waals surface area (Å²) in [7, 11) is 0. The lowest BCUT2D eigenvalue weighted by Gasteiger charge is -2.07. The van der Waals surface area contributed by atoms with Gasteiger partial charge in [0, 0.05) is 4.90 Å². The monoisotopic (exact) mass is 266 g/mol. The molecular formula is C10H9ClF2O2S. The molecule has 88 valence electrons. The van der Waals surface area contributed by atoms with Crippen LogP contribution in [0.4, 0.5) is 8.78 Å². The van der Waals surface area contributed by atoms with Crippen LogP contribution in [-0.2, 0) is 9.53 Å². The highest BCUT2D eigenvalue weighted by Crippen LogP contribution is 2.28. The number of ether oxygens (including phenoxy) is 1. The first-order valence-corrected chi connectivity index (χ1v) is 5.72. The van der Waals surface area contributed by atoms with E-state index in [1.807, 2.05) is 0 Å². The van der Waals surface area contributed by atoms with E-state index in [-0.39, 0.29) is 11.6 Å². The third kappa shape index (κ3) is 3.64. The van der Waals surface area contributed by atoms with Crippen LogP contribution in [-0.4, -0.2) is 18.1 Å². The summed E-state index contributed by atoms with van der Waals surface area (Å²) >= 11 is 6.13. The Morgan fingerprint density at radius 3 is 2.88 bits per heavy atom. The maximum Gasteiger partial charge on any atom is 0.351 e. The Balaban J connectivity index is 2.66. The highest BCUT2D eigenvalue weighted by molar-refractivity contribution is 8.00. The molecule has 0 aliphatic rings. The largest absolute Gasteiger partial charge is 0.463 e. The molecule has 0 amide bonds. The predicted octanol–water partition coefficient (Wildman–Crippen LogP) is 3.43. The van der Waals surface area contributed by atoms with Crippen LogP contribution in [0, 0.1) is 5.82 Å². The zero-order valence-electron chi connectivity index (χ0n) is 8.38. The summed E-state index contributed by atoms with van der Waals surface area (Å²) in [6, 6.07) is 3.72. The molecule has 2 nitrogen and oxygen atoms in total. The number of thioether (sulfide) groups is 1. The molecule has 0 fully saturated rings. The Bertz CT molecular complexity index is 387. The Morgan fingerprint density at radius 1 is 1.62 bits per heavy atom. The molecule has 1 atom stereocenters. The van der Waals surface area contributed by atoms with Crippen molar-refractivity contribution in [2.75, 3.05) is 6.61 Å². The molecule has 0 saturated heterocycles. The van der Waals surface area contributed by atoms with Gasteiger partial charge in [0.15, 0.2) is 0 Å². The second kappa shape index (κ2) is 6.06. The smallest absolute Gasteiger partial charge is 0.351 e. The van der Waals surface area contributed by atoms with Gasteiger partial charge in [0.1, 0.15) is 5.82 Å². The van der Waals surface area contributed by atoms with Crippen molar-refractivity contribution in [2.45, 2.75) is 17.3 Å². The molecule has 1 unspecified atom stereocenters. The van der Waals surface area contributed by atoms with Crippen LogP contribution in [0.5, 0.6) is 0 Å². The van der Waals surface area contributed by atoms with Gasteiger partial charge >= 0.3 is 5.97 Å². The molecule has 6 heteroatoms. The second-order valence-corrected chi connectivity index (χ2v) is 4.29. The molecule has 0 aliphatic carbocycles. The zero-order chi connectivity index (χ0) is 12.1. The topological polar surface area (TPSA) is 26.3 Å². The minimum absolute atomic E-state index is 0.110. The van der Waals surface area contributed by atoms with Gasteiger partial charge in [-0.1, -0.05) is 23.4 Å². The standard InChI is InChI=1S/C10H9ClF2O2S/c1-2-15-10(14)9(13)16-6-3-4-8(12)7(11)5-6/h3-5,9H,2H2,1H3. The molecule has 16 heavy (non-hydrogen) atoms. The average Bonchev–Trinajstić information content (AvgIpc) is 2.24. The number of hydrogen-bond donors (Lipinski definition) is 0. The highest BCUT2D eigenvalue weighted by atomic mass is 35.5. The van der Waals surface area contributed by atoms with Gasteiger partial charge in [0.2, 0.25) is 5.50 Å². The fourth-order valence-electron chi connectivity index (χ4n) is 0.926. The number of benzene rings is 1. The van der Waals surface area contributed by atoms with E-state index in [9.17, 15) is 13.6 Å². The van der Waals surface area contributed by atoms with Crippen molar-refractivity contribution in [1.29, 1.82) is 0 Å². The Hall–Kier alpha value is -0.810. The maximum absolute atomic E-state index is 13.3. The van der Waals surface area contributed by atoms with E-state index in [1.165, 1.54) is 12.1 Å². The normalized spacial score (nSPS) is 12.2. The van der Waals surface area contributed by atoms with E-state index in [0.717, 1.165) is 6.07 Å².